The van der Waals surface area contributed by atoms with Gasteiger partial charge in [0.1, 0.15) is 0 Å². The molecule has 0 aromatic carbocycles. The van der Waals surface area contributed by atoms with Gasteiger partial charge >= 0.3 is 0 Å². The predicted octanol–water partition coefficient (Wildman–Crippen LogP) is 4.63. The van der Waals surface area contributed by atoms with Crippen LogP contribution in [0.15, 0.2) is 10.5 Å². The van der Waals surface area contributed by atoms with Crippen molar-refractivity contribution in [1.29, 1.82) is 0 Å². The summed E-state index contributed by atoms with van der Waals surface area (Å²) in [5, 5.41) is 3.71. The van der Waals surface area contributed by atoms with E-state index in [0.717, 1.165) is 12.6 Å². The van der Waals surface area contributed by atoms with E-state index in [9.17, 15) is 0 Å². The lowest BCUT2D eigenvalue weighted by atomic mass is 10.1. The lowest BCUT2D eigenvalue weighted by Crippen LogP contribution is -2.27. The summed E-state index contributed by atoms with van der Waals surface area (Å²) in [7, 11) is 0. The molecule has 0 atom stereocenters. The Hall–Kier alpha value is 0.140. The fourth-order valence-corrected chi connectivity index (χ4v) is 3.89. The second-order valence-corrected chi connectivity index (χ2v) is 6.88. The molecule has 0 spiro atoms. The normalized spacial score (nSPS) is 18.6. The maximum atomic E-state index is 3.71. The van der Waals surface area contributed by atoms with E-state index in [0.29, 0.717) is 0 Å². The van der Waals surface area contributed by atoms with Gasteiger partial charge in [-0.1, -0.05) is 25.7 Å². The van der Waals surface area contributed by atoms with Crippen LogP contribution in [0.1, 0.15) is 48.3 Å². The van der Waals surface area contributed by atoms with Gasteiger partial charge in [0.25, 0.3) is 0 Å². The van der Waals surface area contributed by atoms with Crippen LogP contribution in [0, 0.1) is 6.92 Å². The zero-order chi connectivity index (χ0) is 11.4. The molecular weight excluding hydrogens is 282 g/mol. The number of aryl methyl sites for hydroxylation is 1. The highest BCUT2D eigenvalue weighted by molar-refractivity contribution is 9.10. The van der Waals surface area contributed by atoms with Gasteiger partial charge in [0, 0.05) is 26.8 Å². The smallest absolute Gasteiger partial charge is 0.0314 e. The van der Waals surface area contributed by atoms with Crippen LogP contribution in [0.25, 0.3) is 0 Å². The lowest BCUT2D eigenvalue weighted by Gasteiger charge is -2.15. The van der Waals surface area contributed by atoms with Gasteiger partial charge in [-0.05, 0) is 41.8 Å². The van der Waals surface area contributed by atoms with Gasteiger partial charge in [-0.25, -0.2) is 0 Å². The molecule has 1 aromatic heterocycles. The number of hydrogen-bond acceptors (Lipinski definition) is 2. The summed E-state index contributed by atoms with van der Waals surface area (Å²) >= 11 is 5.48. The second-order valence-electron chi connectivity index (χ2n) is 4.69. The molecule has 1 heterocycles. The van der Waals surface area contributed by atoms with Crippen molar-refractivity contribution < 1.29 is 0 Å². The SMILES string of the molecule is Cc1sc(CNC2CCCCCC2)cc1Br. The van der Waals surface area contributed by atoms with Gasteiger partial charge in [-0.3, -0.25) is 0 Å². The van der Waals surface area contributed by atoms with E-state index in [4.69, 9.17) is 0 Å². The predicted molar refractivity (Wildman–Crippen MR) is 75.1 cm³/mol. The van der Waals surface area contributed by atoms with Crippen molar-refractivity contribution in [1.82, 2.24) is 5.32 Å². The average Bonchev–Trinajstić information content (AvgIpc) is 2.50. The van der Waals surface area contributed by atoms with E-state index < -0.39 is 0 Å². The first-order valence-corrected chi connectivity index (χ1v) is 7.85. The van der Waals surface area contributed by atoms with Gasteiger partial charge < -0.3 is 5.32 Å². The molecule has 1 aromatic rings. The zero-order valence-electron chi connectivity index (χ0n) is 9.89. The first-order valence-electron chi connectivity index (χ1n) is 6.24. The van der Waals surface area contributed by atoms with Crippen LogP contribution in [-0.2, 0) is 6.54 Å². The Morgan fingerprint density at radius 2 is 2.00 bits per heavy atom. The molecule has 1 aliphatic carbocycles. The maximum Gasteiger partial charge on any atom is 0.0314 e. The van der Waals surface area contributed by atoms with Gasteiger partial charge in [0.2, 0.25) is 0 Å². The highest BCUT2D eigenvalue weighted by Crippen LogP contribution is 2.26. The molecule has 1 N–H and O–H groups in total. The summed E-state index contributed by atoms with van der Waals surface area (Å²) in [6.45, 7) is 3.21. The third kappa shape index (κ3) is 3.57. The van der Waals surface area contributed by atoms with Crippen molar-refractivity contribution in [3.05, 3.63) is 20.3 Å². The Balaban J connectivity index is 1.81. The van der Waals surface area contributed by atoms with Gasteiger partial charge in [-0.15, -0.1) is 11.3 Å². The highest BCUT2D eigenvalue weighted by atomic mass is 79.9. The first-order chi connectivity index (χ1) is 7.75. The number of hydrogen-bond donors (Lipinski definition) is 1. The minimum absolute atomic E-state index is 0.753. The van der Waals surface area contributed by atoms with Crippen LogP contribution >= 0.6 is 27.3 Å². The van der Waals surface area contributed by atoms with Crippen molar-refractivity contribution in [2.75, 3.05) is 0 Å². The summed E-state index contributed by atoms with van der Waals surface area (Å²) in [5.74, 6) is 0. The van der Waals surface area contributed by atoms with E-state index in [1.807, 2.05) is 11.3 Å². The topological polar surface area (TPSA) is 12.0 Å². The Bertz CT molecular complexity index is 307. The minimum Gasteiger partial charge on any atom is -0.309 e. The van der Waals surface area contributed by atoms with Crippen molar-refractivity contribution >= 4 is 27.3 Å². The number of halogens is 1. The molecule has 16 heavy (non-hydrogen) atoms. The minimum atomic E-state index is 0.753. The number of rotatable bonds is 3. The highest BCUT2D eigenvalue weighted by Gasteiger charge is 2.12. The molecule has 2 rings (SSSR count). The monoisotopic (exact) mass is 301 g/mol. The molecule has 1 fully saturated rings. The first kappa shape index (κ1) is 12.6. The van der Waals surface area contributed by atoms with Crippen LogP contribution in [0.2, 0.25) is 0 Å². The molecular formula is C13H20BrNS. The Kier molecular flexibility index (Phi) is 4.86. The van der Waals surface area contributed by atoms with Crippen molar-refractivity contribution in [3.8, 4) is 0 Å². The summed E-state index contributed by atoms with van der Waals surface area (Å²) in [5.41, 5.74) is 0. The standard InChI is InChI=1S/C13H20BrNS/c1-10-13(14)8-12(16-10)9-15-11-6-4-2-3-5-7-11/h8,11,15H,2-7,9H2,1H3. The fraction of sp³-hybridized carbons (Fsp3) is 0.692. The third-order valence-electron chi connectivity index (χ3n) is 3.33. The summed E-state index contributed by atoms with van der Waals surface area (Å²) < 4.78 is 1.26. The zero-order valence-corrected chi connectivity index (χ0v) is 12.3. The third-order valence-corrected chi connectivity index (χ3v) is 5.46. The van der Waals surface area contributed by atoms with Gasteiger partial charge in [-0.2, -0.15) is 0 Å². The van der Waals surface area contributed by atoms with Crippen LogP contribution < -0.4 is 5.32 Å². The van der Waals surface area contributed by atoms with E-state index in [1.54, 1.807) is 0 Å². The molecule has 1 aliphatic rings. The summed E-state index contributed by atoms with van der Waals surface area (Å²) in [4.78, 5) is 2.84. The summed E-state index contributed by atoms with van der Waals surface area (Å²) in [6.07, 6.45) is 8.41. The molecule has 0 aliphatic heterocycles. The largest absolute Gasteiger partial charge is 0.309 e. The van der Waals surface area contributed by atoms with E-state index in [1.165, 1.54) is 52.8 Å². The second kappa shape index (κ2) is 6.18. The van der Waals surface area contributed by atoms with Crippen molar-refractivity contribution in [3.63, 3.8) is 0 Å². The summed E-state index contributed by atoms with van der Waals surface area (Å²) in [6, 6.07) is 3.01. The average molecular weight is 302 g/mol. The Labute approximate surface area is 111 Å². The molecule has 90 valence electrons. The van der Waals surface area contributed by atoms with E-state index in [-0.39, 0.29) is 0 Å². The van der Waals surface area contributed by atoms with Crippen molar-refractivity contribution in [2.45, 2.75) is 58.0 Å². The molecule has 1 saturated carbocycles. The quantitative estimate of drug-likeness (QED) is 0.803. The fourth-order valence-electron chi connectivity index (χ4n) is 2.33. The maximum absolute atomic E-state index is 3.71. The molecule has 0 saturated heterocycles. The molecule has 0 unspecified atom stereocenters. The molecule has 3 heteroatoms. The molecule has 0 amide bonds. The van der Waals surface area contributed by atoms with E-state index in [2.05, 4.69) is 34.2 Å². The van der Waals surface area contributed by atoms with Crippen LogP contribution in [-0.4, -0.2) is 6.04 Å². The van der Waals surface area contributed by atoms with Crippen LogP contribution in [0.3, 0.4) is 0 Å². The molecule has 0 bridgehead atoms. The molecule has 1 nitrogen and oxygen atoms in total. The number of nitrogens with one attached hydrogen (secondary N) is 1. The lowest BCUT2D eigenvalue weighted by molar-refractivity contribution is 0.461. The van der Waals surface area contributed by atoms with Gasteiger partial charge in [0.15, 0.2) is 0 Å². The van der Waals surface area contributed by atoms with Crippen LogP contribution in [0.5, 0.6) is 0 Å². The van der Waals surface area contributed by atoms with Crippen molar-refractivity contribution in [2.24, 2.45) is 0 Å². The van der Waals surface area contributed by atoms with E-state index >= 15 is 0 Å². The Morgan fingerprint density at radius 1 is 1.31 bits per heavy atom. The van der Waals surface area contributed by atoms with Gasteiger partial charge in [0.05, 0.1) is 0 Å². The number of thiophene rings is 1. The Morgan fingerprint density at radius 3 is 2.56 bits per heavy atom. The van der Waals surface area contributed by atoms with Crippen LogP contribution in [0.4, 0.5) is 0 Å². The molecule has 0 radical (unpaired) electrons.